The minimum Gasteiger partial charge on any atom is -0.457 e. The van der Waals surface area contributed by atoms with Crippen molar-refractivity contribution in [1.82, 2.24) is 5.32 Å². The summed E-state index contributed by atoms with van der Waals surface area (Å²) < 4.78 is 5.55. The number of hydrogen-bond acceptors (Lipinski definition) is 2. The summed E-state index contributed by atoms with van der Waals surface area (Å²) in [4.78, 5) is 12.2. The first-order chi connectivity index (χ1) is 10.2. The molecule has 3 rings (SSSR count). The molecule has 0 radical (unpaired) electrons. The zero-order valence-corrected chi connectivity index (χ0v) is 13.1. The van der Waals surface area contributed by atoms with E-state index in [-0.39, 0.29) is 11.9 Å². The molecular formula is C17H14BrNO2. The molecule has 106 valence electrons. The highest BCUT2D eigenvalue weighted by Crippen LogP contribution is 2.25. The number of rotatable bonds is 3. The first kappa shape index (κ1) is 13.9. The van der Waals surface area contributed by atoms with Crippen LogP contribution in [0.2, 0.25) is 0 Å². The number of halogens is 1. The van der Waals surface area contributed by atoms with Crippen LogP contribution in [0.4, 0.5) is 0 Å². The highest BCUT2D eigenvalue weighted by Gasteiger charge is 2.17. The molecule has 4 heteroatoms. The topological polar surface area (TPSA) is 42.2 Å². The lowest BCUT2D eigenvalue weighted by molar-refractivity contribution is 0.0938. The summed E-state index contributed by atoms with van der Waals surface area (Å²) >= 11 is 3.23. The maximum Gasteiger partial charge on any atom is 0.256 e. The minimum absolute atomic E-state index is 0.0922. The highest BCUT2D eigenvalue weighted by molar-refractivity contribution is 9.10. The molecule has 0 bridgehead atoms. The molecule has 21 heavy (non-hydrogen) atoms. The number of amides is 1. The van der Waals surface area contributed by atoms with Crippen molar-refractivity contribution < 1.29 is 9.21 Å². The van der Waals surface area contributed by atoms with E-state index in [9.17, 15) is 4.79 Å². The van der Waals surface area contributed by atoms with Crippen LogP contribution in [0, 0.1) is 0 Å². The summed E-state index contributed by atoms with van der Waals surface area (Å²) in [6, 6.07) is 15.8. The molecule has 0 aliphatic rings. The van der Waals surface area contributed by atoms with Crippen LogP contribution >= 0.6 is 15.9 Å². The Kier molecular flexibility index (Phi) is 3.80. The normalized spacial score (nSPS) is 12.3. The fraction of sp³-hybridized carbons (Fsp3) is 0.118. The maximum atomic E-state index is 12.2. The average molecular weight is 344 g/mol. The summed E-state index contributed by atoms with van der Waals surface area (Å²) in [5.74, 6) is -0.156. The molecule has 2 aromatic carbocycles. The molecular weight excluding hydrogens is 330 g/mol. The third kappa shape index (κ3) is 2.72. The zero-order valence-electron chi connectivity index (χ0n) is 11.5. The lowest BCUT2D eigenvalue weighted by Gasteiger charge is -2.16. The molecule has 1 aromatic heterocycles. The summed E-state index contributed by atoms with van der Waals surface area (Å²) in [5, 5.41) is 5.32. The molecule has 0 aliphatic carbocycles. The van der Waals surface area contributed by atoms with Gasteiger partial charge in [0.1, 0.15) is 0 Å². The molecule has 0 fully saturated rings. The first-order valence-corrected chi connectivity index (χ1v) is 7.47. The highest BCUT2D eigenvalue weighted by atomic mass is 79.9. The van der Waals surface area contributed by atoms with E-state index in [0.717, 1.165) is 10.9 Å². The molecule has 3 aromatic rings. The van der Waals surface area contributed by atoms with Gasteiger partial charge in [-0.2, -0.15) is 0 Å². The van der Waals surface area contributed by atoms with Crippen LogP contribution in [0.25, 0.3) is 10.8 Å². The van der Waals surface area contributed by atoms with Gasteiger partial charge in [-0.3, -0.25) is 4.79 Å². The number of nitrogens with one attached hydrogen (secondary N) is 1. The van der Waals surface area contributed by atoms with Crippen LogP contribution in [-0.2, 0) is 0 Å². The van der Waals surface area contributed by atoms with Gasteiger partial charge in [-0.1, -0.05) is 42.5 Å². The summed E-state index contributed by atoms with van der Waals surface area (Å²) in [6.07, 6.45) is 1.49. The lowest BCUT2D eigenvalue weighted by Crippen LogP contribution is -2.26. The Morgan fingerprint density at radius 1 is 1.14 bits per heavy atom. The predicted octanol–water partition coefficient (Wildman–Crippen LogP) is 4.69. The molecule has 1 amide bonds. The van der Waals surface area contributed by atoms with Gasteiger partial charge in [0.15, 0.2) is 4.67 Å². The molecule has 1 atom stereocenters. The van der Waals surface area contributed by atoms with Crippen molar-refractivity contribution in [3.05, 3.63) is 70.6 Å². The van der Waals surface area contributed by atoms with Gasteiger partial charge < -0.3 is 9.73 Å². The minimum atomic E-state index is -0.156. The second kappa shape index (κ2) is 5.74. The van der Waals surface area contributed by atoms with Crippen molar-refractivity contribution in [2.75, 3.05) is 0 Å². The van der Waals surface area contributed by atoms with Gasteiger partial charge in [-0.15, -0.1) is 0 Å². The van der Waals surface area contributed by atoms with Crippen LogP contribution < -0.4 is 5.32 Å². The molecule has 1 N–H and O–H groups in total. The quantitative estimate of drug-likeness (QED) is 0.749. The molecule has 3 nitrogen and oxygen atoms in total. The largest absolute Gasteiger partial charge is 0.457 e. The average Bonchev–Trinajstić information content (AvgIpc) is 2.92. The fourth-order valence-electron chi connectivity index (χ4n) is 2.44. The molecule has 0 saturated heterocycles. The van der Waals surface area contributed by atoms with Crippen LogP contribution in [0.1, 0.15) is 28.9 Å². The van der Waals surface area contributed by atoms with Crippen molar-refractivity contribution in [1.29, 1.82) is 0 Å². The maximum absolute atomic E-state index is 12.2. The van der Waals surface area contributed by atoms with E-state index in [1.165, 1.54) is 11.6 Å². The first-order valence-electron chi connectivity index (χ1n) is 6.68. The SMILES string of the molecule is CC(NC(=O)c1ccoc1Br)c1cccc2ccccc12. The van der Waals surface area contributed by atoms with Crippen LogP contribution in [0.15, 0.2) is 63.9 Å². The summed E-state index contributed by atoms with van der Waals surface area (Å²) in [7, 11) is 0. The molecule has 1 heterocycles. The Morgan fingerprint density at radius 2 is 1.90 bits per heavy atom. The monoisotopic (exact) mass is 343 g/mol. The Morgan fingerprint density at radius 3 is 2.67 bits per heavy atom. The number of carbonyl (C=O) groups excluding carboxylic acids is 1. The standard InChI is InChI=1S/C17H14BrNO2/c1-11(19-17(20)15-9-10-21-16(15)18)13-8-4-6-12-5-2-3-7-14(12)13/h2-11H,1H3,(H,19,20). The third-order valence-electron chi connectivity index (χ3n) is 3.50. The molecule has 1 unspecified atom stereocenters. The second-order valence-electron chi connectivity index (χ2n) is 4.87. The van der Waals surface area contributed by atoms with E-state index >= 15 is 0 Å². The van der Waals surface area contributed by atoms with Gasteiger partial charge >= 0.3 is 0 Å². The van der Waals surface area contributed by atoms with Gasteiger partial charge in [0.2, 0.25) is 0 Å². The smallest absolute Gasteiger partial charge is 0.256 e. The van der Waals surface area contributed by atoms with Gasteiger partial charge in [0.05, 0.1) is 17.9 Å². The van der Waals surface area contributed by atoms with Crippen LogP contribution in [0.3, 0.4) is 0 Å². The van der Waals surface area contributed by atoms with E-state index < -0.39 is 0 Å². The van der Waals surface area contributed by atoms with Crippen molar-refractivity contribution in [3.8, 4) is 0 Å². The zero-order chi connectivity index (χ0) is 14.8. The Hall–Kier alpha value is -2.07. The molecule has 0 spiro atoms. The van der Waals surface area contributed by atoms with Gasteiger partial charge in [0.25, 0.3) is 5.91 Å². The van der Waals surface area contributed by atoms with Crippen LogP contribution in [-0.4, -0.2) is 5.91 Å². The fourth-order valence-corrected chi connectivity index (χ4v) is 2.86. The van der Waals surface area contributed by atoms with Crippen molar-refractivity contribution in [2.24, 2.45) is 0 Å². The Bertz CT molecular complexity index is 789. The Balaban J connectivity index is 1.89. The van der Waals surface area contributed by atoms with E-state index in [4.69, 9.17) is 4.42 Å². The number of carbonyl (C=O) groups is 1. The third-order valence-corrected chi connectivity index (χ3v) is 4.11. The molecule has 0 aliphatic heterocycles. The number of furan rings is 1. The van der Waals surface area contributed by atoms with E-state index in [1.807, 2.05) is 31.2 Å². The van der Waals surface area contributed by atoms with Crippen molar-refractivity contribution in [2.45, 2.75) is 13.0 Å². The van der Waals surface area contributed by atoms with Gasteiger partial charge in [-0.05, 0) is 45.3 Å². The van der Waals surface area contributed by atoms with E-state index in [0.29, 0.717) is 10.2 Å². The van der Waals surface area contributed by atoms with Gasteiger partial charge in [-0.25, -0.2) is 0 Å². The molecule has 0 saturated carbocycles. The number of fused-ring (bicyclic) bond motifs is 1. The van der Waals surface area contributed by atoms with Crippen LogP contribution in [0.5, 0.6) is 0 Å². The van der Waals surface area contributed by atoms with Crippen molar-refractivity contribution in [3.63, 3.8) is 0 Å². The second-order valence-corrected chi connectivity index (χ2v) is 5.59. The Labute approximate surface area is 131 Å². The van der Waals surface area contributed by atoms with Crippen molar-refractivity contribution >= 4 is 32.6 Å². The lowest BCUT2D eigenvalue weighted by atomic mass is 9.99. The van der Waals surface area contributed by atoms with E-state index in [2.05, 4.69) is 39.4 Å². The predicted molar refractivity (Wildman–Crippen MR) is 86.2 cm³/mol. The summed E-state index contributed by atoms with van der Waals surface area (Å²) in [5.41, 5.74) is 1.60. The van der Waals surface area contributed by atoms with Gasteiger partial charge in [0, 0.05) is 0 Å². The van der Waals surface area contributed by atoms with E-state index in [1.54, 1.807) is 6.07 Å². The number of hydrogen-bond donors (Lipinski definition) is 1. The number of benzene rings is 2. The summed E-state index contributed by atoms with van der Waals surface area (Å²) in [6.45, 7) is 1.98.